The van der Waals surface area contributed by atoms with Crippen molar-refractivity contribution in [1.82, 2.24) is 5.32 Å². The van der Waals surface area contributed by atoms with Gasteiger partial charge in [-0.3, -0.25) is 14.4 Å². The van der Waals surface area contributed by atoms with Crippen molar-refractivity contribution in [3.8, 4) is 11.5 Å². The number of amides is 1. The van der Waals surface area contributed by atoms with Gasteiger partial charge in [0, 0.05) is 15.6 Å². The molecule has 0 aliphatic heterocycles. The van der Waals surface area contributed by atoms with Gasteiger partial charge in [-0.25, -0.2) is 0 Å². The molecule has 3 aromatic rings. The third-order valence-electron chi connectivity index (χ3n) is 4.20. The fourth-order valence-electron chi connectivity index (χ4n) is 2.71. The van der Waals surface area contributed by atoms with E-state index in [2.05, 4.69) is 10.1 Å². The van der Waals surface area contributed by atoms with E-state index in [1.54, 1.807) is 12.1 Å². The zero-order valence-electron chi connectivity index (χ0n) is 16.5. The van der Waals surface area contributed by atoms with Gasteiger partial charge in [0.2, 0.25) is 0 Å². The molecular weight excluding hydrogens is 468 g/mol. The number of ether oxygens (including phenoxy) is 3. The van der Waals surface area contributed by atoms with Crippen LogP contribution in [0, 0.1) is 0 Å². The van der Waals surface area contributed by atoms with Crippen molar-refractivity contribution >= 4 is 50.7 Å². The van der Waals surface area contributed by atoms with Crippen molar-refractivity contribution < 1.29 is 37.4 Å². The molecule has 7 nitrogen and oxygen atoms in total. The number of fused-ring (bicyclic) bond motifs is 1. The smallest absolute Gasteiger partial charge is 0.387 e. The summed E-state index contributed by atoms with van der Waals surface area (Å²) in [5.74, 6) is -2.29. The van der Waals surface area contributed by atoms with Gasteiger partial charge in [-0.05, 0) is 24.3 Å². The number of benzene rings is 2. The molecule has 0 radical (unpaired) electrons. The van der Waals surface area contributed by atoms with Crippen LogP contribution in [0.3, 0.4) is 0 Å². The highest BCUT2D eigenvalue weighted by molar-refractivity contribution is 7.21. The maximum atomic E-state index is 12.4. The Morgan fingerprint density at radius 2 is 1.88 bits per heavy atom. The lowest BCUT2D eigenvalue weighted by atomic mass is 10.1. The Bertz CT molecular complexity index is 1170. The minimum atomic E-state index is -3.05. The number of alkyl halides is 2. The second kappa shape index (κ2) is 10.4. The zero-order chi connectivity index (χ0) is 23.3. The number of halogens is 3. The third-order valence-corrected chi connectivity index (χ3v) is 5.87. The molecule has 1 amide bonds. The highest BCUT2D eigenvalue weighted by Crippen LogP contribution is 2.35. The third kappa shape index (κ3) is 5.51. The number of ketones is 1. The first-order valence-electron chi connectivity index (χ1n) is 9.07. The molecule has 0 aliphatic carbocycles. The summed E-state index contributed by atoms with van der Waals surface area (Å²) in [6, 6.07) is 10.8. The van der Waals surface area contributed by atoms with Crippen molar-refractivity contribution in [3.63, 3.8) is 0 Å². The molecular formula is C21H16ClF2NO6S. The summed E-state index contributed by atoms with van der Waals surface area (Å²) < 4.78 is 39.7. The Morgan fingerprint density at radius 3 is 2.56 bits per heavy atom. The largest absolute Gasteiger partial charge is 0.493 e. The van der Waals surface area contributed by atoms with Crippen LogP contribution >= 0.6 is 22.9 Å². The molecule has 11 heteroatoms. The number of thiophene rings is 1. The molecule has 168 valence electrons. The number of hydrogen-bond donors (Lipinski definition) is 1. The quantitative estimate of drug-likeness (QED) is 0.360. The fourth-order valence-corrected chi connectivity index (χ4v) is 4.14. The number of Topliss-reactive ketones (excluding diaryl/α,β-unsaturated/α-hetero) is 1. The molecule has 32 heavy (non-hydrogen) atoms. The summed E-state index contributed by atoms with van der Waals surface area (Å²) in [5, 5.41) is 3.43. The second-order valence-corrected chi connectivity index (χ2v) is 7.68. The molecule has 1 heterocycles. The van der Waals surface area contributed by atoms with Crippen LogP contribution in [0.15, 0.2) is 42.5 Å². The number of esters is 1. The maximum Gasteiger partial charge on any atom is 0.387 e. The van der Waals surface area contributed by atoms with Gasteiger partial charge in [0.15, 0.2) is 23.9 Å². The van der Waals surface area contributed by atoms with Crippen LogP contribution in [0.4, 0.5) is 8.78 Å². The van der Waals surface area contributed by atoms with Crippen LogP contribution in [0.2, 0.25) is 5.02 Å². The highest BCUT2D eigenvalue weighted by Gasteiger charge is 2.19. The van der Waals surface area contributed by atoms with E-state index in [9.17, 15) is 23.2 Å². The van der Waals surface area contributed by atoms with E-state index in [0.717, 1.165) is 16.2 Å². The molecule has 0 aliphatic rings. The molecule has 3 rings (SSSR count). The lowest BCUT2D eigenvalue weighted by molar-refractivity contribution is -0.141. The lowest BCUT2D eigenvalue weighted by Gasteiger charge is -2.11. The van der Waals surface area contributed by atoms with Crippen molar-refractivity contribution in [2.45, 2.75) is 6.61 Å². The van der Waals surface area contributed by atoms with Gasteiger partial charge in [-0.1, -0.05) is 29.8 Å². The van der Waals surface area contributed by atoms with Crippen LogP contribution in [0.1, 0.15) is 20.0 Å². The van der Waals surface area contributed by atoms with Crippen LogP contribution < -0.4 is 14.8 Å². The van der Waals surface area contributed by atoms with E-state index >= 15 is 0 Å². The summed E-state index contributed by atoms with van der Waals surface area (Å²) in [6.45, 7) is -4.14. The highest BCUT2D eigenvalue weighted by atomic mass is 35.5. The molecule has 1 N–H and O–H groups in total. The number of carbonyl (C=O) groups excluding carboxylic acids is 3. The summed E-state index contributed by atoms with van der Waals surface area (Å²) in [7, 11) is 1.23. The monoisotopic (exact) mass is 483 g/mol. The fraction of sp³-hybridized carbons (Fsp3) is 0.190. The van der Waals surface area contributed by atoms with Gasteiger partial charge in [0.05, 0.1) is 12.1 Å². The van der Waals surface area contributed by atoms with Gasteiger partial charge >= 0.3 is 12.6 Å². The molecule has 1 aromatic heterocycles. The van der Waals surface area contributed by atoms with Gasteiger partial charge in [0.1, 0.15) is 11.4 Å². The number of methoxy groups -OCH3 is 1. The van der Waals surface area contributed by atoms with Gasteiger partial charge in [0.25, 0.3) is 5.91 Å². The van der Waals surface area contributed by atoms with E-state index in [-0.39, 0.29) is 21.9 Å². The molecule has 0 fully saturated rings. The first-order valence-corrected chi connectivity index (χ1v) is 10.3. The van der Waals surface area contributed by atoms with Gasteiger partial charge < -0.3 is 19.5 Å². The molecule has 0 saturated carbocycles. The van der Waals surface area contributed by atoms with Crippen molar-refractivity contribution in [2.75, 3.05) is 20.3 Å². The first kappa shape index (κ1) is 23.4. The van der Waals surface area contributed by atoms with E-state index in [4.69, 9.17) is 21.1 Å². The van der Waals surface area contributed by atoms with Crippen LogP contribution in [0.5, 0.6) is 11.5 Å². The number of carbonyl (C=O) groups is 3. The van der Waals surface area contributed by atoms with Gasteiger partial charge in [-0.15, -0.1) is 11.3 Å². The Morgan fingerprint density at radius 1 is 1.12 bits per heavy atom. The van der Waals surface area contributed by atoms with Crippen molar-refractivity contribution in [2.24, 2.45) is 0 Å². The van der Waals surface area contributed by atoms with E-state index in [1.807, 2.05) is 12.1 Å². The molecule has 0 unspecified atom stereocenters. The predicted molar refractivity (Wildman–Crippen MR) is 114 cm³/mol. The van der Waals surface area contributed by atoms with Crippen LogP contribution in [-0.4, -0.2) is 44.5 Å². The Hall–Kier alpha value is -3.24. The number of nitrogens with one attached hydrogen (secondary N) is 1. The normalized spacial score (nSPS) is 10.8. The lowest BCUT2D eigenvalue weighted by Crippen LogP contribution is -2.31. The number of hydrogen-bond acceptors (Lipinski definition) is 7. The zero-order valence-corrected chi connectivity index (χ0v) is 18.1. The maximum absolute atomic E-state index is 12.4. The van der Waals surface area contributed by atoms with Crippen molar-refractivity contribution in [1.29, 1.82) is 0 Å². The minimum absolute atomic E-state index is 0.0670. The predicted octanol–water partition coefficient (Wildman–Crippen LogP) is 4.32. The molecule has 0 saturated heterocycles. The summed E-state index contributed by atoms with van der Waals surface area (Å²) >= 11 is 7.42. The summed E-state index contributed by atoms with van der Waals surface area (Å²) in [4.78, 5) is 36.8. The topological polar surface area (TPSA) is 90.9 Å². The SMILES string of the molecule is COc1cc(C(=O)COC(=O)CNC(=O)c2sc3ccccc3c2Cl)ccc1OC(F)F. The average molecular weight is 484 g/mol. The molecule has 0 spiro atoms. The van der Waals surface area contributed by atoms with Crippen molar-refractivity contribution in [3.05, 3.63) is 57.9 Å². The average Bonchev–Trinajstić information content (AvgIpc) is 3.12. The first-order chi connectivity index (χ1) is 15.3. The minimum Gasteiger partial charge on any atom is -0.493 e. The Kier molecular flexibility index (Phi) is 7.60. The molecule has 0 bridgehead atoms. The van der Waals surface area contributed by atoms with E-state index in [0.29, 0.717) is 5.02 Å². The van der Waals surface area contributed by atoms with Crippen LogP contribution in [0.25, 0.3) is 10.1 Å². The number of rotatable bonds is 9. The summed E-state index contributed by atoms with van der Waals surface area (Å²) in [5.41, 5.74) is 0.0670. The second-order valence-electron chi connectivity index (χ2n) is 6.25. The van der Waals surface area contributed by atoms with E-state index < -0.39 is 37.4 Å². The molecule has 2 aromatic carbocycles. The van der Waals surface area contributed by atoms with E-state index in [1.165, 1.54) is 30.6 Å². The Balaban J connectivity index is 1.53. The van der Waals surface area contributed by atoms with Gasteiger partial charge in [-0.2, -0.15) is 8.78 Å². The standard InChI is InChI=1S/C21H16ClF2NO6S/c1-29-15-8-11(6-7-14(15)31-21(23)24)13(26)10-30-17(27)9-25-20(28)19-18(22)12-4-2-3-5-16(12)32-19/h2-8,21H,9-10H2,1H3,(H,25,28). The Labute approximate surface area is 189 Å². The summed E-state index contributed by atoms with van der Waals surface area (Å²) in [6.07, 6.45) is 0. The van der Waals surface area contributed by atoms with Crippen LogP contribution in [-0.2, 0) is 9.53 Å². The molecule has 0 atom stereocenters.